The van der Waals surface area contributed by atoms with E-state index in [1.54, 1.807) is 6.07 Å². The predicted octanol–water partition coefficient (Wildman–Crippen LogP) is 3.39. The lowest BCUT2D eigenvalue weighted by Gasteiger charge is -2.17. The van der Waals surface area contributed by atoms with E-state index in [-0.39, 0.29) is 12.5 Å². The maximum atomic E-state index is 12.8. The number of carbonyl (C=O) groups excluding carboxylic acids is 1. The van der Waals surface area contributed by atoms with Crippen molar-refractivity contribution < 1.29 is 41.0 Å². The molecule has 1 rings (SSSR count). The third-order valence-corrected chi connectivity index (χ3v) is 3.46. The van der Waals surface area contributed by atoms with Crippen molar-refractivity contribution in [2.75, 3.05) is 0 Å². The zero-order valence-corrected chi connectivity index (χ0v) is 13.8. The van der Waals surface area contributed by atoms with Crippen molar-refractivity contribution in [3.8, 4) is 6.07 Å². The topological polar surface area (TPSA) is 90.2 Å². The van der Waals surface area contributed by atoms with Gasteiger partial charge in [-0.1, -0.05) is 0 Å². The lowest BCUT2D eigenvalue weighted by atomic mass is 10.0. The third-order valence-electron chi connectivity index (χ3n) is 3.46. The largest absolute Gasteiger partial charge is 0.480 e. The molecule has 2 N–H and O–H groups in total. The first-order chi connectivity index (χ1) is 12.2. The number of hydrogen-bond acceptors (Lipinski definition) is 3. The van der Waals surface area contributed by atoms with Crippen LogP contribution >= 0.6 is 0 Å². The van der Waals surface area contributed by atoms with Gasteiger partial charge in [0.2, 0.25) is 5.91 Å². The average molecular weight is 396 g/mol. The summed E-state index contributed by atoms with van der Waals surface area (Å²) in [6.07, 6.45) is -11.3. The van der Waals surface area contributed by atoms with Crippen LogP contribution < -0.4 is 5.32 Å². The molecule has 0 spiro atoms. The molecule has 1 amide bonds. The summed E-state index contributed by atoms with van der Waals surface area (Å²) in [6, 6.07) is 0.966. The molecular formula is C16H14F6N2O3. The fourth-order valence-electron chi connectivity index (χ4n) is 2.18. The second kappa shape index (κ2) is 8.28. The smallest absolute Gasteiger partial charge is 0.416 e. The van der Waals surface area contributed by atoms with Gasteiger partial charge < -0.3 is 10.4 Å². The van der Waals surface area contributed by atoms with Gasteiger partial charge in [0.1, 0.15) is 6.04 Å². The van der Waals surface area contributed by atoms with E-state index < -0.39 is 59.3 Å². The van der Waals surface area contributed by atoms with E-state index in [0.717, 1.165) is 0 Å². The molecule has 5 nitrogen and oxygen atoms in total. The predicted molar refractivity (Wildman–Crippen MR) is 79.1 cm³/mol. The van der Waals surface area contributed by atoms with Crippen LogP contribution in [0.4, 0.5) is 26.3 Å². The number of halogens is 6. The fraction of sp³-hybridized carbons (Fsp3) is 0.438. The normalized spacial score (nSPS) is 14.1. The quantitative estimate of drug-likeness (QED) is 0.722. The molecule has 2 atom stereocenters. The Morgan fingerprint density at radius 3 is 1.96 bits per heavy atom. The molecule has 1 aromatic rings. The summed E-state index contributed by atoms with van der Waals surface area (Å²) in [5.74, 6) is -3.30. The molecule has 148 valence electrons. The highest BCUT2D eigenvalue weighted by atomic mass is 19.4. The Morgan fingerprint density at radius 1 is 1.11 bits per heavy atom. The molecule has 27 heavy (non-hydrogen) atoms. The molecule has 0 bridgehead atoms. The molecule has 0 aliphatic rings. The number of carboxylic acid groups (broad SMARTS) is 1. The summed E-state index contributed by atoms with van der Waals surface area (Å²) < 4.78 is 76.8. The summed E-state index contributed by atoms with van der Waals surface area (Å²) in [4.78, 5) is 23.0. The second-order valence-electron chi connectivity index (χ2n) is 5.82. The van der Waals surface area contributed by atoms with Crippen LogP contribution in [0.2, 0.25) is 0 Å². The van der Waals surface area contributed by atoms with Gasteiger partial charge >= 0.3 is 18.3 Å². The van der Waals surface area contributed by atoms with Crippen LogP contribution in [0.25, 0.3) is 0 Å². The van der Waals surface area contributed by atoms with Gasteiger partial charge in [-0.2, -0.15) is 31.6 Å². The highest BCUT2D eigenvalue weighted by Crippen LogP contribution is 2.36. The minimum Gasteiger partial charge on any atom is -0.480 e. The molecule has 0 heterocycles. The molecular weight excluding hydrogens is 382 g/mol. The van der Waals surface area contributed by atoms with Gasteiger partial charge in [0.15, 0.2) is 0 Å². The molecule has 11 heteroatoms. The molecule has 0 aliphatic carbocycles. The van der Waals surface area contributed by atoms with Gasteiger partial charge in [-0.15, -0.1) is 0 Å². The van der Waals surface area contributed by atoms with Gasteiger partial charge in [0.25, 0.3) is 0 Å². The second-order valence-corrected chi connectivity index (χ2v) is 5.82. The van der Waals surface area contributed by atoms with E-state index in [0.29, 0.717) is 12.1 Å². The summed E-state index contributed by atoms with van der Waals surface area (Å²) >= 11 is 0. The Hall–Kier alpha value is -2.77. The van der Waals surface area contributed by atoms with Crippen molar-refractivity contribution in [2.45, 2.75) is 38.2 Å². The van der Waals surface area contributed by atoms with Gasteiger partial charge in [0, 0.05) is 5.92 Å². The van der Waals surface area contributed by atoms with Crippen molar-refractivity contribution in [3.05, 3.63) is 34.9 Å². The van der Waals surface area contributed by atoms with Crippen LogP contribution in [0, 0.1) is 17.2 Å². The standard InChI is InChI=1S/C16H14F6N2O3/c1-8(7-23)2-12(14(26)27)24-13(25)5-9-3-10(15(17,18)19)6-11(4-9)16(20,21)22/h3-4,6,8,12H,2,5H2,1H3,(H,24,25)(H,26,27)/t8-,12+/m1/s1. The van der Waals surface area contributed by atoms with Crippen molar-refractivity contribution in [1.82, 2.24) is 5.32 Å². The Kier molecular flexibility index (Phi) is 6.83. The van der Waals surface area contributed by atoms with E-state index in [1.165, 1.54) is 6.92 Å². The number of carbonyl (C=O) groups is 2. The maximum absolute atomic E-state index is 12.8. The number of carboxylic acids is 1. The van der Waals surface area contributed by atoms with Crippen LogP contribution in [0.3, 0.4) is 0 Å². The molecule has 0 unspecified atom stereocenters. The van der Waals surface area contributed by atoms with Crippen molar-refractivity contribution in [3.63, 3.8) is 0 Å². The highest BCUT2D eigenvalue weighted by Gasteiger charge is 2.37. The van der Waals surface area contributed by atoms with Gasteiger partial charge in [-0.3, -0.25) is 4.79 Å². The van der Waals surface area contributed by atoms with E-state index >= 15 is 0 Å². The van der Waals surface area contributed by atoms with Crippen molar-refractivity contribution in [2.24, 2.45) is 5.92 Å². The number of aliphatic carboxylic acids is 1. The van der Waals surface area contributed by atoms with Gasteiger partial charge in [0.05, 0.1) is 23.6 Å². The van der Waals surface area contributed by atoms with Crippen LogP contribution in [0.15, 0.2) is 18.2 Å². The summed E-state index contributed by atoms with van der Waals surface area (Å²) in [6.45, 7) is 1.39. The minimum atomic E-state index is -5.06. The van der Waals surface area contributed by atoms with Gasteiger partial charge in [-0.05, 0) is 37.1 Å². The molecule has 0 saturated carbocycles. The number of benzene rings is 1. The van der Waals surface area contributed by atoms with E-state index in [9.17, 15) is 35.9 Å². The molecule has 0 fully saturated rings. The van der Waals surface area contributed by atoms with Crippen LogP contribution in [-0.4, -0.2) is 23.0 Å². The van der Waals surface area contributed by atoms with E-state index in [2.05, 4.69) is 0 Å². The monoisotopic (exact) mass is 396 g/mol. The SMILES string of the molecule is C[C@@H](C#N)C[C@H](NC(=O)Cc1cc(C(F)(F)F)cc(C(F)(F)F)c1)C(=O)O. The lowest BCUT2D eigenvalue weighted by molar-refractivity contribution is -0.143. The Balaban J connectivity index is 3.07. The highest BCUT2D eigenvalue weighted by molar-refractivity contribution is 5.84. The first-order valence-corrected chi connectivity index (χ1v) is 7.44. The number of nitrogens with one attached hydrogen (secondary N) is 1. The Morgan fingerprint density at radius 2 is 1.59 bits per heavy atom. The third kappa shape index (κ3) is 6.80. The molecule has 0 saturated heterocycles. The van der Waals surface area contributed by atoms with E-state index in [1.807, 2.05) is 5.32 Å². The lowest BCUT2D eigenvalue weighted by Crippen LogP contribution is -2.42. The van der Waals surface area contributed by atoms with Crippen LogP contribution in [0.1, 0.15) is 30.0 Å². The Labute approximate surface area is 149 Å². The summed E-state index contributed by atoms with van der Waals surface area (Å²) in [5, 5.41) is 19.7. The Bertz CT molecular complexity index is 720. The van der Waals surface area contributed by atoms with E-state index in [4.69, 9.17) is 10.4 Å². The molecule has 0 radical (unpaired) electrons. The summed E-state index contributed by atoms with van der Waals surface area (Å²) in [5.41, 5.74) is -3.73. The number of nitrogens with zero attached hydrogens (tertiary/aromatic N) is 1. The van der Waals surface area contributed by atoms with Crippen molar-refractivity contribution in [1.29, 1.82) is 5.26 Å². The average Bonchev–Trinajstić information content (AvgIpc) is 2.51. The minimum absolute atomic E-state index is 0.0734. The number of alkyl halides is 6. The molecule has 1 aromatic carbocycles. The van der Waals surface area contributed by atoms with Crippen LogP contribution in [0.5, 0.6) is 0 Å². The first-order valence-electron chi connectivity index (χ1n) is 7.44. The molecule has 0 aliphatic heterocycles. The molecule has 0 aromatic heterocycles. The fourth-order valence-corrected chi connectivity index (χ4v) is 2.18. The van der Waals surface area contributed by atoms with Gasteiger partial charge in [-0.25, -0.2) is 4.79 Å². The number of rotatable bonds is 6. The first kappa shape index (κ1) is 22.3. The van der Waals surface area contributed by atoms with Crippen LogP contribution in [-0.2, 0) is 28.4 Å². The number of nitriles is 1. The maximum Gasteiger partial charge on any atom is 0.416 e. The number of amides is 1. The van der Waals surface area contributed by atoms with Crippen molar-refractivity contribution >= 4 is 11.9 Å². The zero-order valence-electron chi connectivity index (χ0n) is 13.8. The number of hydrogen-bond donors (Lipinski definition) is 2. The zero-order chi connectivity index (χ0) is 21.0. The summed E-state index contributed by atoms with van der Waals surface area (Å²) in [7, 11) is 0.